The van der Waals surface area contributed by atoms with Crippen LogP contribution in [0.15, 0.2) is 41.6 Å². The van der Waals surface area contributed by atoms with Gasteiger partial charge >= 0.3 is 0 Å². The second kappa shape index (κ2) is 6.19. The van der Waals surface area contributed by atoms with Gasteiger partial charge in [0.05, 0.1) is 17.3 Å². The van der Waals surface area contributed by atoms with Crippen molar-refractivity contribution in [2.75, 3.05) is 4.72 Å². The van der Waals surface area contributed by atoms with Crippen molar-refractivity contribution in [3.63, 3.8) is 0 Å². The van der Waals surface area contributed by atoms with Crippen LogP contribution in [-0.2, 0) is 16.4 Å². The highest BCUT2D eigenvalue weighted by Crippen LogP contribution is 2.16. The number of anilines is 1. The molecule has 0 unspecified atom stereocenters. The van der Waals surface area contributed by atoms with Gasteiger partial charge in [-0.1, -0.05) is 37.1 Å². The Morgan fingerprint density at radius 2 is 1.85 bits per heavy atom. The normalized spacial score (nSPS) is 11.3. The van der Waals surface area contributed by atoms with Crippen LogP contribution in [-0.4, -0.2) is 18.4 Å². The third-order valence-corrected chi connectivity index (χ3v) is 4.20. The van der Waals surface area contributed by atoms with Gasteiger partial charge in [-0.2, -0.15) is 0 Å². The molecule has 0 aliphatic heterocycles. The number of aromatic nitrogens is 2. The van der Waals surface area contributed by atoms with Crippen LogP contribution in [0.1, 0.15) is 18.9 Å². The number of nitrogens with zero attached hydrogens (tertiary/aromatic N) is 2. The molecule has 2 rings (SSSR count). The highest BCUT2D eigenvalue weighted by molar-refractivity contribution is 7.92. The minimum absolute atomic E-state index is 0.132. The van der Waals surface area contributed by atoms with E-state index in [9.17, 15) is 8.42 Å². The predicted molar refractivity (Wildman–Crippen MR) is 78.3 cm³/mol. The van der Waals surface area contributed by atoms with Crippen LogP contribution >= 0.6 is 11.6 Å². The summed E-state index contributed by atoms with van der Waals surface area (Å²) in [5, 5.41) is 0.205. The van der Waals surface area contributed by atoms with E-state index in [1.54, 1.807) is 12.1 Å². The molecule has 7 heteroatoms. The van der Waals surface area contributed by atoms with Crippen LogP contribution in [0, 0.1) is 0 Å². The van der Waals surface area contributed by atoms with Gasteiger partial charge in [0.15, 0.2) is 5.82 Å². The van der Waals surface area contributed by atoms with Gasteiger partial charge in [-0.25, -0.2) is 18.4 Å². The van der Waals surface area contributed by atoms with Crippen LogP contribution in [0.5, 0.6) is 0 Å². The van der Waals surface area contributed by atoms with Gasteiger partial charge in [0.25, 0.3) is 10.0 Å². The summed E-state index contributed by atoms with van der Waals surface area (Å²) in [6, 6.07) is 6.78. The van der Waals surface area contributed by atoms with Crippen molar-refractivity contribution in [3.8, 4) is 0 Å². The maximum Gasteiger partial charge on any atom is 0.263 e. The summed E-state index contributed by atoms with van der Waals surface area (Å²) in [6.07, 6.45) is 4.50. The standard InChI is InChI=1S/C13H14ClN3O2S/c1-2-3-10-4-6-11(7-5-10)20(18,19)17-13-9-15-12(14)8-16-13/h4-9H,2-3H2,1H3,(H,16,17). The van der Waals surface area contributed by atoms with E-state index >= 15 is 0 Å². The Morgan fingerprint density at radius 3 is 2.40 bits per heavy atom. The molecule has 0 bridgehead atoms. The third-order valence-electron chi connectivity index (χ3n) is 2.63. The van der Waals surface area contributed by atoms with Crippen LogP contribution in [0.25, 0.3) is 0 Å². The summed E-state index contributed by atoms with van der Waals surface area (Å²) >= 11 is 5.60. The number of aryl methyl sites for hydroxylation is 1. The molecule has 0 aliphatic rings. The molecule has 0 spiro atoms. The Bertz CT molecular complexity index is 670. The number of halogens is 1. The molecule has 0 aliphatic carbocycles. The van der Waals surface area contributed by atoms with Gasteiger partial charge in [0.2, 0.25) is 0 Å². The average molecular weight is 312 g/mol. The Hall–Kier alpha value is -1.66. The van der Waals surface area contributed by atoms with E-state index in [0.717, 1.165) is 18.4 Å². The number of hydrogen-bond acceptors (Lipinski definition) is 4. The lowest BCUT2D eigenvalue weighted by Gasteiger charge is -2.07. The highest BCUT2D eigenvalue weighted by atomic mass is 35.5. The van der Waals surface area contributed by atoms with Gasteiger partial charge in [0, 0.05) is 0 Å². The summed E-state index contributed by atoms with van der Waals surface area (Å²) in [7, 11) is -3.65. The highest BCUT2D eigenvalue weighted by Gasteiger charge is 2.14. The van der Waals surface area contributed by atoms with E-state index in [0.29, 0.717) is 0 Å². The van der Waals surface area contributed by atoms with Crippen molar-refractivity contribution in [3.05, 3.63) is 47.4 Å². The number of rotatable bonds is 5. The molecule has 0 fully saturated rings. The minimum atomic E-state index is -3.65. The zero-order chi connectivity index (χ0) is 14.6. The molecule has 0 atom stereocenters. The Balaban J connectivity index is 2.19. The number of sulfonamides is 1. The monoisotopic (exact) mass is 311 g/mol. The molecule has 106 valence electrons. The second-order valence-corrected chi connectivity index (χ2v) is 6.29. The number of hydrogen-bond donors (Lipinski definition) is 1. The van der Waals surface area contributed by atoms with Gasteiger partial charge in [-0.3, -0.25) is 4.72 Å². The molecule has 1 N–H and O–H groups in total. The second-order valence-electron chi connectivity index (χ2n) is 4.22. The van der Waals surface area contributed by atoms with Crippen molar-refractivity contribution in [2.45, 2.75) is 24.7 Å². The van der Waals surface area contributed by atoms with Gasteiger partial charge < -0.3 is 0 Å². The first kappa shape index (κ1) is 14.7. The van der Waals surface area contributed by atoms with Gasteiger partial charge in [-0.05, 0) is 24.1 Å². The molecule has 20 heavy (non-hydrogen) atoms. The first-order valence-corrected chi connectivity index (χ1v) is 7.96. The largest absolute Gasteiger partial charge is 0.263 e. The fourth-order valence-corrected chi connectivity index (χ4v) is 2.78. The van der Waals surface area contributed by atoms with E-state index in [4.69, 9.17) is 11.6 Å². The van der Waals surface area contributed by atoms with Gasteiger partial charge in [0.1, 0.15) is 5.15 Å². The van der Waals surface area contributed by atoms with E-state index in [-0.39, 0.29) is 15.9 Å². The molecule has 1 heterocycles. The Morgan fingerprint density at radius 1 is 1.15 bits per heavy atom. The molecule has 0 saturated heterocycles. The molecule has 0 amide bonds. The molecule has 5 nitrogen and oxygen atoms in total. The lowest BCUT2D eigenvalue weighted by Crippen LogP contribution is -2.14. The molecule has 2 aromatic rings. The number of benzene rings is 1. The van der Waals surface area contributed by atoms with Crippen molar-refractivity contribution in [2.24, 2.45) is 0 Å². The predicted octanol–water partition coefficient (Wildman–Crippen LogP) is 2.88. The first-order valence-electron chi connectivity index (χ1n) is 6.10. The van der Waals surface area contributed by atoms with Crippen molar-refractivity contribution < 1.29 is 8.42 Å². The molecule has 0 saturated carbocycles. The van der Waals surface area contributed by atoms with Crippen LogP contribution < -0.4 is 4.72 Å². The minimum Gasteiger partial charge on any atom is -0.262 e. The summed E-state index contributed by atoms with van der Waals surface area (Å²) < 4.78 is 26.6. The molecular weight excluding hydrogens is 298 g/mol. The third kappa shape index (κ3) is 3.68. The summed E-state index contributed by atoms with van der Waals surface area (Å²) in [6.45, 7) is 2.07. The van der Waals surface area contributed by atoms with Crippen molar-refractivity contribution in [1.29, 1.82) is 0 Å². The van der Waals surface area contributed by atoms with Crippen LogP contribution in [0.3, 0.4) is 0 Å². The van der Waals surface area contributed by atoms with Crippen molar-refractivity contribution in [1.82, 2.24) is 9.97 Å². The van der Waals surface area contributed by atoms with E-state index in [1.807, 2.05) is 12.1 Å². The maximum absolute atomic E-state index is 12.1. The molecular formula is C13H14ClN3O2S. The lowest BCUT2D eigenvalue weighted by atomic mass is 10.1. The zero-order valence-electron chi connectivity index (χ0n) is 10.9. The summed E-state index contributed by atoms with van der Waals surface area (Å²) in [5.41, 5.74) is 1.11. The van der Waals surface area contributed by atoms with Crippen LogP contribution in [0.2, 0.25) is 5.15 Å². The maximum atomic E-state index is 12.1. The molecule has 1 aromatic heterocycles. The Labute approximate surface area is 123 Å². The SMILES string of the molecule is CCCc1ccc(S(=O)(=O)Nc2cnc(Cl)cn2)cc1. The van der Waals surface area contributed by atoms with E-state index in [2.05, 4.69) is 21.6 Å². The molecule has 0 radical (unpaired) electrons. The number of nitrogens with one attached hydrogen (secondary N) is 1. The van der Waals surface area contributed by atoms with Crippen LogP contribution in [0.4, 0.5) is 5.82 Å². The van der Waals surface area contributed by atoms with E-state index in [1.165, 1.54) is 12.4 Å². The fraction of sp³-hybridized carbons (Fsp3) is 0.231. The zero-order valence-corrected chi connectivity index (χ0v) is 12.4. The van der Waals surface area contributed by atoms with Gasteiger partial charge in [-0.15, -0.1) is 0 Å². The van der Waals surface area contributed by atoms with Crippen molar-refractivity contribution >= 4 is 27.4 Å². The molecule has 1 aromatic carbocycles. The summed E-state index contributed by atoms with van der Waals surface area (Å²) in [4.78, 5) is 7.81. The summed E-state index contributed by atoms with van der Waals surface area (Å²) in [5.74, 6) is 0.132. The quantitative estimate of drug-likeness (QED) is 0.921. The first-order chi connectivity index (χ1) is 9.51. The lowest BCUT2D eigenvalue weighted by molar-refractivity contribution is 0.601. The fourth-order valence-electron chi connectivity index (χ4n) is 1.69. The van der Waals surface area contributed by atoms with E-state index < -0.39 is 10.0 Å². The smallest absolute Gasteiger partial charge is 0.262 e. The Kier molecular flexibility index (Phi) is 4.57. The topological polar surface area (TPSA) is 72.0 Å². The average Bonchev–Trinajstić information content (AvgIpc) is 2.42.